The Morgan fingerprint density at radius 3 is 2.80 bits per heavy atom. The Kier molecular flexibility index (Phi) is 4.35. The Hall–Kier alpha value is -2.36. The number of hydrogen-bond acceptors (Lipinski definition) is 2. The molecule has 1 amide bonds. The third-order valence-corrected chi connectivity index (χ3v) is 3.19. The maximum Gasteiger partial charge on any atom is 0.246 e. The summed E-state index contributed by atoms with van der Waals surface area (Å²) in [5.74, 6) is -0.0166. The second-order valence-electron chi connectivity index (χ2n) is 4.90. The maximum atomic E-state index is 12.1. The molecule has 0 unspecified atom stereocenters. The van der Waals surface area contributed by atoms with Gasteiger partial charge >= 0.3 is 0 Å². The van der Waals surface area contributed by atoms with E-state index in [1.165, 1.54) is 5.56 Å². The van der Waals surface area contributed by atoms with E-state index in [1.807, 2.05) is 38.5 Å². The third kappa shape index (κ3) is 3.57. The number of benzene rings is 1. The number of carbonyl (C=O) groups excluding carboxylic acids is 1. The molecule has 4 heteroatoms. The summed E-state index contributed by atoms with van der Waals surface area (Å²) < 4.78 is 1.71. The average Bonchev–Trinajstić information content (AvgIpc) is 2.84. The lowest BCUT2D eigenvalue weighted by Crippen LogP contribution is -2.24. The van der Waals surface area contributed by atoms with Crippen LogP contribution in [-0.2, 0) is 18.4 Å². The lowest BCUT2D eigenvalue weighted by Gasteiger charge is -2.16. The average molecular weight is 269 g/mol. The first-order valence-corrected chi connectivity index (χ1v) is 6.52. The largest absolute Gasteiger partial charge is 0.338 e. The number of aromatic nitrogens is 2. The SMILES string of the molecule is Cc1ccccc1CN(C)C(=O)/C=C/c1cnn(C)c1. The van der Waals surface area contributed by atoms with E-state index in [9.17, 15) is 4.79 Å². The van der Waals surface area contributed by atoms with Gasteiger partial charge < -0.3 is 4.90 Å². The molecule has 0 fully saturated rings. The minimum absolute atomic E-state index is 0.0166. The van der Waals surface area contributed by atoms with Gasteiger partial charge in [0.25, 0.3) is 0 Å². The van der Waals surface area contributed by atoms with Crippen LogP contribution in [0.25, 0.3) is 6.08 Å². The summed E-state index contributed by atoms with van der Waals surface area (Å²) in [6, 6.07) is 8.10. The molecule has 0 saturated heterocycles. The van der Waals surface area contributed by atoms with Crippen molar-refractivity contribution in [3.63, 3.8) is 0 Å². The second-order valence-corrected chi connectivity index (χ2v) is 4.90. The first-order valence-electron chi connectivity index (χ1n) is 6.52. The summed E-state index contributed by atoms with van der Waals surface area (Å²) in [6.45, 7) is 2.67. The van der Waals surface area contributed by atoms with Gasteiger partial charge in [-0.1, -0.05) is 24.3 Å². The van der Waals surface area contributed by atoms with Crippen molar-refractivity contribution < 1.29 is 4.79 Å². The molecular formula is C16H19N3O. The second kappa shape index (κ2) is 6.19. The Balaban J connectivity index is 1.99. The van der Waals surface area contributed by atoms with Crippen LogP contribution in [0.15, 0.2) is 42.7 Å². The zero-order chi connectivity index (χ0) is 14.5. The minimum Gasteiger partial charge on any atom is -0.338 e. The van der Waals surface area contributed by atoms with Crippen molar-refractivity contribution in [2.75, 3.05) is 7.05 Å². The van der Waals surface area contributed by atoms with Crippen molar-refractivity contribution >= 4 is 12.0 Å². The van der Waals surface area contributed by atoms with Gasteiger partial charge in [-0.05, 0) is 24.1 Å². The molecule has 0 atom stereocenters. The van der Waals surface area contributed by atoms with Gasteiger partial charge in [-0.25, -0.2) is 0 Å². The van der Waals surface area contributed by atoms with Crippen molar-refractivity contribution in [3.05, 3.63) is 59.4 Å². The highest BCUT2D eigenvalue weighted by Crippen LogP contribution is 2.10. The summed E-state index contributed by atoms with van der Waals surface area (Å²) in [4.78, 5) is 13.8. The predicted molar refractivity (Wildman–Crippen MR) is 79.9 cm³/mol. The smallest absolute Gasteiger partial charge is 0.246 e. The molecule has 2 aromatic rings. The van der Waals surface area contributed by atoms with Crippen molar-refractivity contribution in [2.45, 2.75) is 13.5 Å². The number of rotatable bonds is 4. The molecule has 2 rings (SSSR count). The summed E-state index contributed by atoms with van der Waals surface area (Å²) in [7, 11) is 3.66. The number of nitrogens with zero attached hydrogens (tertiary/aromatic N) is 3. The van der Waals surface area contributed by atoms with Gasteiger partial charge in [0.05, 0.1) is 6.20 Å². The van der Waals surface area contributed by atoms with Crippen LogP contribution in [0.3, 0.4) is 0 Å². The minimum atomic E-state index is -0.0166. The van der Waals surface area contributed by atoms with E-state index < -0.39 is 0 Å². The Bertz CT molecular complexity index is 628. The molecule has 0 saturated carbocycles. The van der Waals surface area contributed by atoms with Crippen LogP contribution in [0.1, 0.15) is 16.7 Å². The van der Waals surface area contributed by atoms with E-state index in [0.29, 0.717) is 6.54 Å². The molecule has 0 spiro atoms. The van der Waals surface area contributed by atoms with Gasteiger partial charge in [-0.3, -0.25) is 9.48 Å². The van der Waals surface area contributed by atoms with Crippen LogP contribution in [0.4, 0.5) is 0 Å². The molecule has 4 nitrogen and oxygen atoms in total. The lowest BCUT2D eigenvalue weighted by atomic mass is 10.1. The Morgan fingerprint density at radius 1 is 1.40 bits per heavy atom. The molecule has 0 radical (unpaired) electrons. The fourth-order valence-corrected chi connectivity index (χ4v) is 1.94. The van der Waals surface area contributed by atoms with Crippen LogP contribution in [0.5, 0.6) is 0 Å². The number of amides is 1. The fourth-order valence-electron chi connectivity index (χ4n) is 1.94. The van der Waals surface area contributed by atoms with Gasteiger partial charge in [-0.2, -0.15) is 5.10 Å². The van der Waals surface area contributed by atoms with Gasteiger partial charge in [0.15, 0.2) is 0 Å². The first-order chi connectivity index (χ1) is 9.56. The molecule has 0 bridgehead atoms. The highest BCUT2D eigenvalue weighted by Gasteiger charge is 2.07. The van der Waals surface area contributed by atoms with Crippen molar-refractivity contribution in [1.29, 1.82) is 0 Å². The lowest BCUT2D eigenvalue weighted by molar-refractivity contribution is -0.125. The monoisotopic (exact) mass is 269 g/mol. The normalized spacial score (nSPS) is 10.9. The van der Waals surface area contributed by atoms with Crippen molar-refractivity contribution in [3.8, 4) is 0 Å². The number of likely N-dealkylation sites (N-methyl/N-ethyl adjacent to an activating group) is 1. The van der Waals surface area contributed by atoms with Crippen molar-refractivity contribution in [1.82, 2.24) is 14.7 Å². The van der Waals surface area contributed by atoms with E-state index in [0.717, 1.165) is 11.1 Å². The maximum absolute atomic E-state index is 12.1. The van der Waals surface area contributed by atoms with Gasteiger partial charge in [0.2, 0.25) is 5.91 Å². The molecule has 0 aliphatic carbocycles. The molecular weight excluding hydrogens is 250 g/mol. The van der Waals surface area contributed by atoms with Crippen molar-refractivity contribution in [2.24, 2.45) is 7.05 Å². The van der Waals surface area contributed by atoms with Crippen LogP contribution in [0.2, 0.25) is 0 Å². The quantitative estimate of drug-likeness (QED) is 0.799. The molecule has 0 N–H and O–H groups in total. The topological polar surface area (TPSA) is 38.1 Å². The van der Waals surface area contributed by atoms with Crippen LogP contribution in [-0.4, -0.2) is 27.6 Å². The predicted octanol–water partition coefficient (Wildman–Crippen LogP) is 2.40. The molecule has 1 aromatic heterocycles. The zero-order valence-electron chi connectivity index (χ0n) is 12.1. The summed E-state index contributed by atoms with van der Waals surface area (Å²) in [6.07, 6.45) is 6.95. The first kappa shape index (κ1) is 14.1. The molecule has 1 aromatic carbocycles. The fraction of sp³-hybridized carbons (Fsp3) is 0.250. The summed E-state index contributed by atoms with van der Waals surface area (Å²) in [5.41, 5.74) is 3.28. The van der Waals surface area contributed by atoms with E-state index >= 15 is 0 Å². The van der Waals surface area contributed by atoms with Crippen LogP contribution in [0, 0.1) is 6.92 Å². The van der Waals surface area contributed by atoms with Crippen LogP contribution < -0.4 is 0 Å². The van der Waals surface area contributed by atoms with Gasteiger partial charge in [0, 0.05) is 38.5 Å². The van der Waals surface area contributed by atoms with Gasteiger partial charge in [-0.15, -0.1) is 0 Å². The van der Waals surface area contributed by atoms with Gasteiger partial charge in [0.1, 0.15) is 0 Å². The number of carbonyl (C=O) groups is 1. The highest BCUT2D eigenvalue weighted by molar-refractivity contribution is 5.91. The Labute approximate surface area is 119 Å². The summed E-state index contributed by atoms with van der Waals surface area (Å²) in [5, 5.41) is 4.06. The number of aryl methyl sites for hydroxylation is 2. The molecule has 0 aliphatic rings. The Morgan fingerprint density at radius 2 is 2.15 bits per heavy atom. The molecule has 104 valence electrons. The highest BCUT2D eigenvalue weighted by atomic mass is 16.2. The molecule has 1 heterocycles. The molecule has 0 aliphatic heterocycles. The zero-order valence-corrected chi connectivity index (χ0v) is 12.1. The summed E-state index contributed by atoms with van der Waals surface area (Å²) >= 11 is 0. The standard InChI is InChI=1S/C16H19N3O/c1-13-6-4-5-7-15(13)12-18(2)16(20)9-8-14-10-17-19(3)11-14/h4-11H,12H2,1-3H3/b9-8+. The van der Waals surface area contributed by atoms with Crippen LogP contribution >= 0.6 is 0 Å². The number of hydrogen-bond donors (Lipinski definition) is 0. The van der Waals surface area contributed by atoms with E-state index in [4.69, 9.17) is 0 Å². The third-order valence-electron chi connectivity index (χ3n) is 3.19. The van der Waals surface area contributed by atoms with E-state index in [-0.39, 0.29) is 5.91 Å². The van der Waals surface area contributed by atoms with E-state index in [2.05, 4.69) is 18.1 Å². The van der Waals surface area contributed by atoms with E-state index in [1.54, 1.807) is 27.9 Å². The molecule has 20 heavy (non-hydrogen) atoms.